The van der Waals surface area contributed by atoms with Crippen molar-refractivity contribution >= 4 is 17.5 Å². The van der Waals surface area contributed by atoms with Gasteiger partial charge in [0.1, 0.15) is 6.54 Å². The highest BCUT2D eigenvalue weighted by atomic mass is 16.2. The summed E-state index contributed by atoms with van der Waals surface area (Å²) in [6, 6.07) is 11.4. The highest BCUT2D eigenvalue weighted by Gasteiger charge is 2.16. The fourth-order valence-corrected chi connectivity index (χ4v) is 2.47. The van der Waals surface area contributed by atoms with E-state index < -0.39 is 0 Å². The largest absolute Gasteiger partial charge is 0.329 e. The zero-order chi connectivity index (χ0) is 17.5. The van der Waals surface area contributed by atoms with Gasteiger partial charge < -0.3 is 10.2 Å². The van der Waals surface area contributed by atoms with Crippen LogP contribution in [0.4, 0.5) is 5.69 Å². The number of carbonyl (C=O) groups excluding carboxylic acids is 2. The first-order chi connectivity index (χ1) is 11.5. The van der Waals surface area contributed by atoms with Crippen molar-refractivity contribution < 1.29 is 9.59 Å². The molecule has 0 saturated heterocycles. The lowest BCUT2D eigenvalue weighted by molar-refractivity contribution is -0.133. The maximum absolute atomic E-state index is 12.4. The van der Waals surface area contributed by atoms with Crippen molar-refractivity contribution in [2.24, 2.45) is 0 Å². The molecule has 0 fully saturated rings. The Morgan fingerprint density at radius 1 is 1.17 bits per heavy atom. The van der Waals surface area contributed by atoms with E-state index in [9.17, 15) is 9.59 Å². The third-order valence-corrected chi connectivity index (χ3v) is 3.73. The van der Waals surface area contributed by atoms with Gasteiger partial charge in [0.05, 0.1) is 0 Å². The molecule has 0 aliphatic carbocycles. The second-order valence-corrected chi connectivity index (χ2v) is 6.03. The quantitative estimate of drug-likeness (QED) is 0.887. The number of hydrogen-bond donors (Lipinski definition) is 1. The Balaban J connectivity index is 2.05. The molecule has 0 spiro atoms. The summed E-state index contributed by atoms with van der Waals surface area (Å²) in [5.74, 6) is -0.0471. The number of benzene rings is 1. The van der Waals surface area contributed by atoms with Crippen LogP contribution in [0.2, 0.25) is 0 Å². The summed E-state index contributed by atoms with van der Waals surface area (Å²) in [5, 5.41) is 2.91. The van der Waals surface area contributed by atoms with Gasteiger partial charge in [-0.1, -0.05) is 38.1 Å². The van der Waals surface area contributed by atoms with Gasteiger partial charge in [0.15, 0.2) is 0 Å². The molecule has 0 unspecified atom stereocenters. The van der Waals surface area contributed by atoms with Crippen molar-refractivity contribution in [1.82, 2.24) is 9.88 Å². The van der Waals surface area contributed by atoms with Crippen LogP contribution < -0.4 is 5.32 Å². The van der Waals surface area contributed by atoms with Crippen molar-refractivity contribution in [1.29, 1.82) is 0 Å². The Morgan fingerprint density at radius 3 is 2.54 bits per heavy atom. The maximum atomic E-state index is 12.4. The van der Waals surface area contributed by atoms with E-state index in [0.29, 0.717) is 12.5 Å². The van der Waals surface area contributed by atoms with Crippen LogP contribution >= 0.6 is 0 Å². The van der Waals surface area contributed by atoms with Crippen LogP contribution in [-0.4, -0.2) is 28.2 Å². The zero-order valence-corrected chi connectivity index (χ0v) is 14.3. The summed E-state index contributed by atoms with van der Waals surface area (Å²) >= 11 is 0. The Labute approximate surface area is 142 Å². The molecule has 1 aromatic heterocycles. The van der Waals surface area contributed by atoms with E-state index in [-0.39, 0.29) is 18.4 Å². The van der Waals surface area contributed by atoms with Crippen LogP contribution in [0.1, 0.15) is 37.8 Å². The van der Waals surface area contributed by atoms with E-state index in [1.165, 1.54) is 11.8 Å². The number of nitrogens with one attached hydrogen (secondary N) is 1. The number of hydrogen-bond acceptors (Lipinski definition) is 3. The van der Waals surface area contributed by atoms with Crippen LogP contribution in [0.15, 0.2) is 48.8 Å². The van der Waals surface area contributed by atoms with Crippen molar-refractivity contribution in [3.63, 3.8) is 0 Å². The molecule has 0 aliphatic heterocycles. The minimum absolute atomic E-state index is 0.0106. The van der Waals surface area contributed by atoms with Crippen molar-refractivity contribution in [3.05, 3.63) is 59.9 Å². The molecule has 126 valence electrons. The molecule has 5 heteroatoms. The first-order valence-electron chi connectivity index (χ1n) is 8.00. The van der Waals surface area contributed by atoms with Crippen molar-refractivity contribution in [2.75, 3.05) is 11.9 Å². The third-order valence-electron chi connectivity index (χ3n) is 3.73. The molecular formula is C19H23N3O2. The number of nitrogens with zero attached hydrogens (tertiary/aromatic N) is 2. The summed E-state index contributed by atoms with van der Waals surface area (Å²) in [6.07, 6.45) is 3.37. The molecule has 2 rings (SSSR count). The molecule has 5 nitrogen and oxygen atoms in total. The highest BCUT2D eigenvalue weighted by Crippen LogP contribution is 2.23. The number of anilines is 1. The average molecular weight is 325 g/mol. The fraction of sp³-hybridized carbons (Fsp3) is 0.316. The minimum atomic E-state index is -0.206. The molecular weight excluding hydrogens is 302 g/mol. The number of pyridine rings is 1. The number of para-hydroxylation sites is 1. The van der Waals surface area contributed by atoms with E-state index in [2.05, 4.69) is 24.1 Å². The smallest absolute Gasteiger partial charge is 0.244 e. The van der Waals surface area contributed by atoms with Crippen LogP contribution in [0.25, 0.3) is 0 Å². The predicted molar refractivity (Wildman–Crippen MR) is 94.5 cm³/mol. The Hall–Kier alpha value is -2.69. The second kappa shape index (κ2) is 8.24. The minimum Gasteiger partial charge on any atom is -0.329 e. The van der Waals surface area contributed by atoms with E-state index in [0.717, 1.165) is 16.8 Å². The normalized spacial score (nSPS) is 10.5. The molecule has 24 heavy (non-hydrogen) atoms. The molecule has 0 atom stereocenters. The van der Waals surface area contributed by atoms with E-state index in [1.54, 1.807) is 12.4 Å². The van der Waals surface area contributed by atoms with Gasteiger partial charge in [0, 0.05) is 31.5 Å². The molecule has 1 N–H and O–H groups in total. The van der Waals surface area contributed by atoms with Crippen LogP contribution in [-0.2, 0) is 16.1 Å². The second-order valence-electron chi connectivity index (χ2n) is 6.03. The molecule has 1 aromatic carbocycles. The molecule has 2 amide bonds. The third kappa shape index (κ3) is 4.91. The molecule has 0 aliphatic rings. The summed E-state index contributed by atoms with van der Waals surface area (Å²) in [7, 11) is 0. The van der Waals surface area contributed by atoms with Crippen LogP contribution in [0, 0.1) is 0 Å². The Bertz CT molecular complexity index is 699. The molecule has 2 aromatic rings. The van der Waals surface area contributed by atoms with Gasteiger partial charge in [-0.2, -0.15) is 0 Å². The Morgan fingerprint density at radius 2 is 1.92 bits per heavy atom. The molecule has 0 bridgehead atoms. The van der Waals surface area contributed by atoms with Gasteiger partial charge in [0.2, 0.25) is 11.8 Å². The average Bonchev–Trinajstić information content (AvgIpc) is 2.55. The topological polar surface area (TPSA) is 62.3 Å². The Kier molecular flexibility index (Phi) is 6.07. The first-order valence-corrected chi connectivity index (χ1v) is 8.00. The van der Waals surface area contributed by atoms with Gasteiger partial charge in [-0.15, -0.1) is 0 Å². The summed E-state index contributed by atoms with van der Waals surface area (Å²) in [5.41, 5.74) is 2.76. The predicted octanol–water partition coefficient (Wildman–Crippen LogP) is 3.19. The van der Waals surface area contributed by atoms with E-state index in [1.807, 2.05) is 36.4 Å². The fourth-order valence-electron chi connectivity index (χ4n) is 2.47. The SMILES string of the molecule is CC(=O)N(CC(=O)Nc1ccccc1C(C)C)Cc1cccnc1. The number of aromatic nitrogens is 1. The summed E-state index contributed by atoms with van der Waals surface area (Å²) < 4.78 is 0. The number of carbonyl (C=O) groups is 2. The lowest BCUT2D eigenvalue weighted by atomic mass is 10.0. The zero-order valence-electron chi connectivity index (χ0n) is 14.3. The summed E-state index contributed by atoms with van der Waals surface area (Å²) in [6.45, 7) is 6.00. The van der Waals surface area contributed by atoms with E-state index >= 15 is 0 Å². The molecule has 0 saturated carbocycles. The lowest BCUT2D eigenvalue weighted by Gasteiger charge is -2.21. The van der Waals surface area contributed by atoms with Gasteiger partial charge in [0.25, 0.3) is 0 Å². The van der Waals surface area contributed by atoms with E-state index in [4.69, 9.17) is 0 Å². The highest BCUT2D eigenvalue weighted by molar-refractivity contribution is 5.95. The van der Waals surface area contributed by atoms with Gasteiger partial charge in [-0.25, -0.2) is 0 Å². The van der Waals surface area contributed by atoms with Crippen molar-refractivity contribution in [2.45, 2.75) is 33.2 Å². The first kappa shape index (κ1) is 17.7. The van der Waals surface area contributed by atoms with Gasteiger partial charge in [-0.05, 0) is 29.2 Å². The number of amides is 2. The van der Waals surface area contributed by atoms with Crippen molar-refractivity contribution in [3.8, 4) is 0 Å². The number of rotatable bonds is 6. The molecule has 0 radical (unpaired) electrons. The maximum Gasteiger partial charge on any atom is 0.244 e. The van der Waals surface area contributed by atoms with Crippen LogP contribution in [0.5, 0.6) is 0 Å². The summed E-state index contributed by atoms with van der Waals surface area (Å²) in [4.78, 5) is 29.7. The van der Waals surface area contributed by atoms with Crippen LogP contribution in [0.3, 0.4) is 0 Å². The standard InChI is InChI=1S/C19H23N3O2/c1-14(2)17-8-4-5-9-18(17)21-19(24)13-22(15(3)23)12-16-7-6-10-20-11-16/h4-11,14H,12-13H2,1-3H3,(H,21,24). The van der Waals surface area contributed by atoms with Gasteiger partial charge in [-0.3, -0.25) is 14.6 Å². The van der Waals surface area contributed by atoms with Gasteiger partial charge >= 0.3 is 0 Å². The monoisotopic (exact) mass is 325 g/mol. The molecule has 1 heterocycles. The lowest BCUT2D eigenvalue weighted by Crippen LogP contribution is -2.36.